The zero-order valence-corrected chi connectivity index (χ0v) is 27.2. The predicted molar refractivity (Wildman–Crippen MR) is 157 cm³/mol. The third-order valence-corrected chi connectivity index (χ3v) is 6.45. The molecule has 1 atom stereocenters. The Labute approximate surface area is 241 Å². The summed E-state index contributed by atoms with van der Waals surface area (Å²) in [6.45, 7) is 9.71. The minimum atomic E-state index is -1.80. The van der Waals surface area contributed by atoms with Crippen LogP contribution < -0.4 is 0 Å². The fraction of sp³-hybridized carbons (Fsp3) is 0.179. The third kappa shape index (κ3) is 6.37. The fourth-order valence-electron chi connectivity index (χ4n) is 4.55. The first-order valence-corrected chi connectivity index (χ1v) is 18.0. The van der Waals surface area contributed by atoms with Gasteiger partial charge in [-0.1, -0.05) is 66.2 Å². The Morgan fingerprint density at radius 1 is 0.800 bits per heavy atom. The molecule has 0 aliphatic heterocycles. The molecule has 0 aromatic heterocycles. The van der Waals surface area contributed by atoms with E-state index in [0.717, 1.165) is 17.1 Å². The molecule has 186 valence electrons. The summed E-state index contributed by atoms with van der Waals surface area (Å²) < 4.78 is 12.6. The van der Waals surface area contributed by atoms with E-state index in [2.05, 4.69) is 99.3 Å². The first-order valence-electron chi connectivity index (χ1n) is 10.4. The van der Waals surface area contributed by atoms with Crippen LogP contribution in [0.3, 0.4) is 0 Å². The second kappa shape index (κ2) is 13.9. The molecule has 0 saturated heterocycles. The van der Waals surface area contributed by atoms with Crippen molar-refractivity contribution in [3.05, 3.63) is 110 Å². The number of methoxy groups -OCH3 is 1. The normalized spacial score (nSPS) is 13.7. The summed E-state index contributed by atoms with van der Waals surface area (Å²) >= 11 is 1.36. The number of rotatable bonds is 4. The Morgan fingerprint density at radius 3 is 2.03 bits per heavy atom. The van der Waals surface area contributed by atoms with Crippen molar-refractivity contribution in [2.75, 3.05) is 7.11 Å². The van der Waals surface area contributed by atoms with E-state index in [1.165, 1.54) is 56.0 Å². The van der Waals surface area contributed by atoms with Gasteiger partial charge in [-0.15, -0.1) is 58.5 Å². The Hall–Kier alpha value is -1.23. The minimum absolute atomic E-state index is 0. The van der Waals surface area contributed by atoms with Gasteiger partial charge < -0.3 is 24.0 Å². The Bertz CT molecular complexity index is 1300. The fourth-order valence-corrected chi connectivity index (χ4v) is 5.37. The van der Waals surface area contributed by atoms with Crippen LogP contribution in [0.15, 0.2) is 78.6 Å². The molecule has 0 N–H and O–H groups in total. The van der Waals surface area contributed by atoms with Crippen molar-refractivity contribution >= 4 is 67.3 Å². The molecule has 4 aromatic rings. The van der Waals surface area contributed by atoms with Gasteiger partial charge in [0.1, 0.15) is 11.5 Å². The van der Waals surface area contributed by atoms with E-state index in [1.54, 1.807) is 7.11 Å². The number of allylic oxidation sites excluding steroid dienone is 1. The zero-order chi connectivity index (χ0) is 22.2. The molecule has 2 nitrogen and oxygen atoms in total. The summed E-state index contributed by atoms with van der Waals surface area (Å²) in [5.41, 5.74) is 3.69. The van der Waals surface area contributed by atoms with Crippen LogP contribution in [0.25, 0.3) is 27.3 Å². The van der Waals surface area contributed by atoms with Crippen LogP contribution in [0.4, 0.5) is 0 Å². The molecule has 0 heterocycles. The summed E-state index contributed by atoms with van der Waals surface area (Å²) in [6.07, 6.45) is 0. The first kappa shape index (κ1) is 33.8. The van der Waals surface area contributed by atoms with Crippen molar-refractivity contribution in [3.8, 4) is 0 Å². The molecule has 1 aliphatic carbocycles. The van der Waals surface area contributed by atoms with Gasteiger partial charge in [-0.05, 0) is 25.2 Å². The molecule has 1 aliphatic rings. The molecule has 35 heavy (non-hydrogen) atoms. The van der Waals surface area contributed by atoms with Crippen LogP contribution in [0.1, 0.15) is 22.6 Å². The van der Waals surface area contributed by atoms with E-state index >= 15 is 0 Å². The van der Waals surface area contributed by atoms with Gasteiger partial charge in [-0.3, -0.25) is 0 Å². The van der Waals surface area contributed by atoms with E-state index in [0.29, 0.717) is 0 Å². The Morgan fingerprint density at radius 2 is 1.37 bits per heavy atom. The van der Waals surface area contributed by atoms with Crippen LogP contribution in [0.5, 0.6) is 0 Å². The molecular formula is C28H33Cl2O2Si2Zr-3. The van der Waals surface area contributed by atoms with Gasteiger partial charge in [0.2, 0.25) is 8.32 Å². The SMILES string of the molecule is COC1=C(O[Si](C)(C)C)c2ccccc2C1c1cccc2c1[cH-]c1ccccc12.Cl.Cl.[CH3-].[CH3-].[Si]=[Zr]. The summed E-state index contributed by atoms with van der Waals surface area (Å²) in [4.78, 5) is 0. The zero-order valence-electron chi connectivity index (χ0n) is 21.1. The molecule has 4 aromatic carbocycles. The molecule has 1 unspecified atom stereocenters. The van der Waals surface area contributed by atoms with Crippen molar-refractivity contribution in [1.82, 2.24) is 0 Å². The molecule has 0 saturated carbocycles. The van der Waals surface area contributed by atoms with Gasteiger partial charge in [0, 0.05) is 11.5 Å². The summed E-state index contributed by atoms with van der Waals surface area (Å²) in [7, 11) is -0.0300. The van der Waals surface area contributed by atoms with E-state index in [4.69, 9.17) is 9.16 Å². The van der Waals surface area contributed by atoms with Crippen LogP contribution in [-0.2, 0) is 32.5 Å². The molecule has 5 rings (SSSR count). The average Bonchev–Trinajstić information content (AvgIpc) is 3.30. The predicted octanol–water partition coefficient (Wildman–Crippen LogP) is 8.38. The summed E-state index contributed by atoms with van der Waals surface area (Å²) in [5.74, 6) is 1.88. The molecule has 0 fully saturated rings. The van der Waals surface area contributed by atoms with Crippen LogP contribution in [-0.4, -0.2) is 22.3 Å². The van der Waals surface area contributed by atoms with E-state index in [-0.39, 0.29) is 45.6 Å². The Balaban J connectivity index is 0.00000188. The van der Waals surface area contributed by atoms with Gasteiger partial charge in [-0.2, -0.15) is 0 Å². The Kier molecular flexibility index (Phi) is 13.4. The summed E-state index contributed by atoms with van der Waals surface area (Å²) in [5, 5.41) is 5.17. The van der Waals surface area contributed by atoms with Crippen LogP contribution >= 0.6 is 24.8 Å². The van der Waals surface area contributed by atoms with Crippen LogP contribution in [0, 0.1) is 14.9 Å². The van der Waals surface area contributed by atoms with E-state index in [1.807, 2.05) is 0 Å². The molecule has 0 bridgehead atoms. The molecule has 0 spiro atoms. The number of fused-ring (bicyclic) bond motifs is 4. The number of hydrogen-bond acceptors (Lipinski definition) is 2. The maximum atomic E-state index is 6.54. The molecular weight excluding hydrogens is 587 g/mol. The second-order valence-electron chi connectivity index (χ2n) is 8.67. The monoisotopic (exact) mass is 617 g/mol. The van der Waals surface area contributed by atoms with E-state index in [9.17, 15) is 0 Å². The standard InChI is InChI=1S/C26H25O2Si.2CH3.2ClH.Si.Zr/c1-27-26-24(20-12-7-8-13-22(20)25(26)28-29(2,3)4)21-15-9-14-19-18-11-6-5-10-17(18)16-23(19)21;;;;;;/h5-16,24H,1-4H3;2*1H3;2*1H;;/q3*-1;;;;. The van der Waals surface area contributed by atoms with E-state index < -0.39 is 8.32 Å². The van der Waals surface area contributed by atoms with Gasteiger partial charge in [0.15, 0.2) is 0 Å². The average molecular weight is 620 g/mol. The van der Waals surface area contributed by atoms with Gasteiger partial charge in [-0.25, -0.2) is 0 Å². The van der Waals surface area contributed by atoms with Crippen molar-refractivity contribution in [1.29, 1.82) is 0 Å². The topological polar surface area (TPSA) is 18.5 Å². The van der Waals surface area contributed by atoms with Crippen molar-refractivity contribution < 1.29 is 32.5 Å². The van der Waals surface area contributed by atoms with Crippen LogP contribution in [0.2, 0.25) is 19.6 Å². The summed E-state index contributed by atoms with van der Waals surface area (Å²) in [6, 6.07) is 26.1. The van der Waals surface area contributed by atoms with Crippen molar-refractivity contribution in [3.63, 3.8) is 0 Å². The van der Waals surface area contributed by atoms with Crippen molar-refractivity contribution in [2.45, 2.75) is 25.6 Å². The van der Waals surface area contributed by atoms with Gasteiger partial charge in [0.25, 0.3) is 0 Å². The number of hydrogen-bond donors (Lipinski definition) is 0. The maximum absolute atomic E-state index is 6.54. The van der Waals surface area contributed by atoms with Crippen molar-refractivity contribution in [2.24, 2.45) is 0 Å². The van der Waals surface area contributed by atoms with Gasteiger partial charge in [0.05, 0.1) is 7.11 Å². The molecule has 7 heteroatoms. The third-order valence-electron chi connectivity index (χ3n) is 5.63. The number of halogens is 2. The number of ether oxygens (including phenoxy) is 1. The first-order chi connectivity index (χ1) is 15.0. The molecule has 2 radical (unpaired) electrons. The quantitative estimate of drug-likeness (QED) is 0.169. The second-order valence-corrected chi connectivity index (χ2v) is 13.1. The van der Waals surface area contributed by atoms with Gasteiger partial charge >= 0.3 is 30.2 Å². The molecule has 0 amide bonds. The number of benzene rings is 3.